The van der Waals surface area contributed by atoms with Crippen LogP contribution < -0.4 is 5.32 Å². The number of nitrogens with zero attached hydrogens (tertiary/aromatic N) is 2. The molecule has 5 nitrogen and oxygen atoms in total. The van der Waals surface area contributed by atoms with Gasteiger partial charge in [-0.15, -0.1) is 0 Å². The Morgan fingerprint density at radius 1 is 1.60 bits per heavy atom. The fraction of sp³-hybridized carbons (Fsp3) is 0.143. The molecule has 20 heavy (non-hydrogen) atoms. The Labute approximate surface area is 115 Å². The molecule has 0 fully saturated rings. The number of methoxy groups -OCH3 is 1. The van der Waals surface area contributed by atoms with E-state index in [1.807, 2.05) is 0 Å². The highest BCUT2D eigenvalue weighted by Crippen LogP contribution is 2.19. The zero-order valence-corrected chi connectivity index (χ0v) is 11.0. The normalized spacial score (nSPS) is 10.1. The van der Waals surface area contributed by atoms with E-state index in [0.29, 0.717) is 12.2 Å². The molecule has 1 aromatic heterocycles. The molecule has 0 amide bonds. The van der Waals surface area contributed by atoms with Crippen molar-refractivity contribution in [1.82, 2.24) is 9.78 Å². The van der Waals surface area contributed by atoms with Crippen molar-refractivity contribution in [3.05, 3.63) is 54.1 Å². The SMILES string of the molecule is C=Cn1cc(CNc2ccc(F)cc2C(=O)OC)cn1. The molecule has 0 aliphatic heterocycles. The summed E-state index contributed by atoms with van der Waals surface area (Å²) in [5.74, 6) is -1.08. The minimum absolute atomic E-state index is 0.156. The lowest BCUT2D eigenvalue weighted by atomic mass is 10.1. The van der Waals surface area contributed by atoms with Crippen LogP contribution in [-0.2, 0) is 11.3 Å². The number of hydrogen-bond acceptors (Lipinski definition) is 4. The number of benzene rings is 1. The maximum Gasteiger partial charge on any atom is 0.340 e. The first-order valence-electron chi connectivity index (χ1n) is 5.91. The number of aromatic nitrogens is 2. The van der Waals surface area contributed by atoms with Crippen LogP contribution >= 0.6 is 0 Å². The predicted molar refractivity (Wildman–Crippen MR) is 73.7 cm³/mol. The second-order valence-corrected chi connectivity index (χ2v) is 4.05. The van der Waals surface area contributed by atoms with Crippen LogP contribution in [0.3, 0.4) is 0 Å². The van der Waals surface area contributed by atoms with Crippen molar-refractivity contribution in [2.45, 2.75) is 6.54 Å². The molecule has 0 saturated heterocycles. The lowest BCUT2D eigenvalue weighted by molar-refractivity contribution is 0.0601. The highest BCUT2D eigenvalue weighted by molar-refractivity contribution is 5.95. The van der Waals surface area contributed by atoms with Crippen molar-refractivity contribution in [2.75, 3.05) is 12.4 Å². The molecular formula is C14H14FN3O2. The number of halogens is 1. The van der Waals surface area contributed by atoms with Crippen molar-refractivity contribution in [2.24, 2.45) is 0 Å². The number of anilines is 1. The summed E-state index contributed by atoms with van der Waals surface area (Å²) in [5.41, 5.74) is 1.57. The van der Waals surface area contributed by atoms with E-state index in [2.05, 4.69) is 21.7 Å². The van der Waals surface area contributed by atoms with E-state index in [4.69, 9.17) is 0 Å². The van der Waals surface area contributed by atoms with Gasteiger partial charge in [-0.05, 0) is 18.2 Å². The Balaban J connectivity index is 2.16. The number of ether oxygens (including phenoxy) is 1. The molecule has 0 bridgehead atoms. The number of carbonyl (C=O) groups excluding carboxylic acids is 1. The van der Waals surface area contributed by atoms with E-state index in [1.165, 1.54) is 19.2 Å². The molecule has 0 saturated carbocycles. The molecule has 2 rings (SSSR count). The van der Waals surface area contributed by atoms with Crippen LogP contribution in [0, 0.1) is 5.82 Å². The standard InChI is InChI=1S/C14H14FN3O2/c1-3-18-9-10(8-17-18)7-16-13-5-4-11(15)6-12(13)14(19)20-2/h3-6,8-9,16H,1,7H2,2H3. The first-order chi connectivity index (χ1) is 9.63. The van der Waals surface area contributed by atoms with Gasteiger partial charge in [0.05, 0.1) is 18.9 Å². The molecule has 0 aliphatic rings. The third-order valence-corrected chi connectivity index (χ3v) is 2.71. The second-order valence-electron chi connectivity index (χ2n) is 4.05. The summed E-state index contributed by atoms with van der Waals surface area (Å²) in [6.07, 6.45) is 5.04. The average molecular weight is 275 g/mol. The highest BCUT2D eigenvalue weighted by atomic mass is 19.1. The zero-order valence-electron chi connectivity index (χ0n) is 11.0. The van der Waals surface area contributed by atoms with Crippen LogP contribution in [0.5, 0.6) is 0 Å². The van der Waals surface area contributed by atoms with Crippen molar-refractivity contribution < 1.29 is 13.9 Å². The third kappa shape index (κ3) is 3.03. The predicted octanol–water partition coefficient (Wildman–Crippen LogP) is 2.52. The maximum absolute atomic E-state index is 13.2. The van der Waals surface area contributed by atoms with Gasteiger partial charge in [0.1, 0.15) is 5.82 Å². The number of hydrogen-bond donors (Lipinski definition) is 1. The second kappa shape index (κ2) is 6.01. The van der Waals surface area contributed by atoms with E-state index in [1.54, 1.807) is 23.3 Å². The Hall–Kier alpha value is -2.63. The molecule has 0 unspecified atom stereocenters. The van der Waals surface area contributed by atoms with Crippen molar-refractivity contribution in [3.8, 4) is 0 Å². The van der Waals surface area contributed by atoms with E-state index in [-0.39, 0.29) is 5.56 Å². The summed E-state index contributed by atoms with van der Waals surface area (Å²) < 4.78 is 19.4. The molecule has 0 aliphatic carbocycles. The van der Waals surface area contributed by atoms with Crippen LogP contribution in [0.4, 0.5) is 10.1 Å². The van der Waals surface area contributed by atoms with Gasteiger partial charge in [0.2, 0.25) is 0 Å². The summed E-state index contributed by atoms with van der Waals surface area (Å²) in [6, 6.07) is 3.92. The van der Waals surface area contributed by atoms with Gasteiger partial charge in [-0.1, -0.05) is 6.58 Å². The Morgan fingerprint density at radius 3 is 3.05 bits per heavy atom. The Kier molecular flexibility index (Phi) is 4.14. The van der Waals surface area contributed by atoms with E-state index in [9.17, 15) is 9.18 Å². The van der Waals surface area contributed by atoms with Gasteiger partial charge in [0, 0.05) is 30.2 Å². The molecule has 104 valence electrons. The molecule has 1 heterocycles. The smallest absolute Gasteiger partial charge is 0.340 e. The molecule has 1 N–H and O–H groups in total. The number of rotatable bonds is 5. The van der Waals surface area contributed by atoms with Gasteiger partial charge in [-0.3, -0.25) is 0 Å². The monoisotopic (exact) mass is 275 g/mol. The number of carbonyl (C=O) groups is 1. The first kappa shape index (κ1) is 13.8. The van der Waals surface area contributed by atoms with E-state index < -0.39 is 11.8 Å². The largest absolute Gasteiger partial charge is 0.465 e. The van der Waals surface area contributed by atoms with Gasteiger partial charge < -0.3 is 10.1 Å². The van der Waals surface area contributed by atoms with Crippen molar-refractivity contribution >= 4 is 17.9 Å². The van der Waals surface area contributed by atoms with Crippen LogP contribution in [-0.4, -0.2) is 22.9 Å². The first-order valence-corrected chi connectivity index (χ1v) is 5.91. The summed E-state index contributed by atoms with van der Waals surface area (Å²) in [5, 5.41) is 7.10. The summed E-state index contributed by atoms with van der Waals surface area (Å²) in [4.78, 5) is 11.6. The summed E-state index contributed by atoms with van der Waals surface area (Å²) >= 11 is 0. The van der Waals surface area contributed by atoms with Crippen LogP contribution in [0.1, 0.15) is 15.9 Å². The highest BCUT2D eigenvalue weighted by Gasteiger charge is 2.13. The van der Waals surface area contributed by atoms with Gasteiger partial charge in [-0.25, -0.2) is 13.9 Å². The number of esters is 1. The van der Waals surface area contributed by atoms with Crippen LogP contribution in [0.2, 0.25) is 0 Å². The molecule has 1 aromatic carbocycles. The quantitative estimate of drug-likeness (QED) is 0.852. The summed E-state index contributed by atoms with van der Waals surface area (Å²) in [6.45, 7) is 4.05. The van der Waals surface area contributed by atoms with Gasteiger partial charge in [0.25, 0.3) is 0 Å². The van der Waals surface area contributed by atoms with Crippen molar-refractivity contribution in [1.29, 1.82) is 0 Å². The van der Waals surface area contributed by atoms with Crippen molar-refractivity contribution in [3.63, 3.8) is 0 Å². The Bertz CT molecular complexity index is 637. The molecule has 0 spiro atoms. The molecule has 0 atom stereocenters. The van der Waals surface area contributed by atoms with Crippen LogP contribution in [0.15, 0.2) is 37.2 Å². The lowest BCUT2D eigenvalue weighted by Crippen LogP contribution is -2.08. The maximum atomic E-state index is 13.2. The van der Waals surface area contributed by atoms with E-state index >= 15 is 0 Å². The Morgan fingerprint density at radius 2 is 2.40 bits per heavy atom. The minimum Gasteiger partial charge on any atom is -0.465 e. The van der Waals surface area contributed by atoms with E-state index in [0.717, 1.165) is 11.6 Å². The molecule has 6 heteroatoms. The van der Waals surface area contributed by atoms with Gasteiger partial charge >= 0.3 is 5.97 Å². The molecule has 0 radical (unpaired) electrons. The summed E-state index contributed by atoms with van der Waals surface area (Å²) in [7, 11) is 1.26. The average Bonchev–Trinajstić information content (AvgIpc) is 2.93. The fourth-order valence-corrected chi connectivity index (χ4v) is 1.72. The van der Waals surface area contributed by atoms with Gasteiger partial charge in [-0.2, -0.15) is 5.10 Å². The number of nitrogens with one attached hydrogen (secondary N) is 1. The topological polar surface area (TPSA) is 56.2 Å². The molecular weight excluding hydrogens is 261 g/mol. The van der Waals surface area contributed by atoms with Crippen LogP contribution in [0.25, 0.3) is 6.20 Å². The fourth-order valence-electron chi connectivity index (χ4n) is 1.72. The minimum atomic E-state index is -0.589. The third-order valence-electron chi connectivity index (χ3n) is 2.71. The lowest BCUT2D eigenvalue weighted by Gasteiger charge is -2.10. The zero-order chi connectivity index (χ0) is 14.5. The van der Waals surface area contributed by atoms with Gasteiger partial charge in [0.15, 0.2) is 0 Å². The molecule has 2 aromatic rings.